The summed E-state index contributed by atoms with van der Waals surface area (Å²) >= 11 is 0. The maximum absolute atomic E-state index is 11.9. The highest BCUT2D eigenvalue weighted by molar-refractivity contribution is 5.81. The number of nitrogens with one attached hydrogen (secondary N) is 1. The van der Waals surface area contributed by atoms with E-state index in [1.807, 2.05) is 4.90 Å². The number of hydrogen-bond donors (Lipinski definition) is 2. The predicted octanol–water partition coefficient (Wildman–Crippen LogP) is -0.521. The van der Waals surface area contributed by atoms with E-state index in [2.05, 4.69) is 5.32 Å². The number of piperidine rings is 1. The summed E-state index contributed by atoms with van der Waals surface area (Å²) < 4.78 is 5.08. The Labute approximate surface area is 113 Å². The molecule has 1 saturated heterocycles. The minimum Gasteiger partial charge on any atom is -0.370 e. The Morgan fingerprint density at radius 1 is 1.21 bits per heavy atom. The van der Waals surface area contributed by atoms with Crippen LogP contribution >= 0.6 is 0 Å². The first-order valence-electron chi connectivity index (χ1n) is 7.06. The van der Waals surface area contributed by atoms with Crippen LogP contribution in [0.2, 0.25) is 0 Å². The Balaban J connectivity index is 1.62. The lowest BCUT2D eigenvalue weighted by molar-refractivity contribution is -0.133. The van der Waals surface area contributed by atoms with Gasteiger partial charge in [-0.1, -0.05) is 0 Å². The molecule has 3 N–H and O–H groups in total. The van der Waals surface area contributed by atoms with Crippen LogP contribution in [-0.2, 0) is 14.3 Å². The van der Waals surface area contributed by atoms with Crippen molar-refractivity contribution in [3.63, 3.8) is 0 Å². The number of carbonyl (C=O) groups excluding carboxylic acids is 2. The molecule has 6 heteroatoms. The lowest BCUT2D eigenvalue weighted by Gasteiger charge is -2.32. The Hall–Kier alpha value is -1.14. The summed E-state index contributed by atoms with van der Waals surface area (Å²) in [5.41, 5.74) is 5.28. The number of amides is 2. The van der Waals surface area contributed by atoms with Gasteiger partial charge in [0.05, 0.1) is 6.61 Å². The molecular formula is C13H23N3O3. The molecule has 0 radical (unpaired) electrons. The van der Waals surface area contributed by atoms with Crippen LogP contribution in [0.3, 0.4) is 0 Å². The lowest BCUT2D eigenvalue weighted by Crippen LogP contribution is -2.47. The normalized spacial score (nSPS) is 20.4. The van der Waals surface area contributed by atoms with Crippen molar-refractivity contribution in [3.05, 3.63) is 0 Å². The molecule has 6 nitrogen and oxygen atoms in total. The predicted molar refractivity (Wildman–Crippen MR) is 70.3 cm³/mol. The lowest BCUT2D eigenvalue weighted by atomic mass is 10.0. The molecule has 1 saturated carbocycles. The van der Waals surface area contributed by atoms with Gasteiger partial charge >= 0.3 is 0 Å². The van der Waals surface area contributed by atoms with E-state index in [-0.39, 0.29) is 24.5 Å². The molecule has 0 atom stereocenters. The maximum Gasteiger partial charge on any atom is 0.246 e. The summed E-state index contributed by atoms with van der Waals surface area (Å²) in [5.74, 6) is 0.493. The maximum atomic E-state index is 11.9. The first-order valence-corrected chi connectivity index (χ1v) is 7.06. The van der Waals surface area contributed by atoms with Gasteiger partial charge in [-0.15, -0.1) is 0 Å². The number of ether oxygens (including phenoxy) is 1. The third-order valence-electron chi connectivity index (χ3n) is 3.59. The molecule has 19 heavy (non-hydrogen) atoms. The highest BCUT2D eigenvalue weighted by atomic mass is 16.5. The van der Waals surface area contributed by atoms with E-state index in [0.29, 0.717) is 19.1 Å². The van der Waals surface area contributed by atoms with Gasteiger partial charge < -0.3 is 20.7 Å². The topological polar surface area (TPSA) is 84.7 Å². The standard InChI is InChI=1S/C13H23N3O3/c14-5-8-19-9-12(17)15-11-3-6-16(7-4-11)13(18)10-1-2-10/h10-11H,1-9,14H2,(H,15,17). The van der Waals surface area contributed by atoms with Crippen molar-refractivity contribution >= 4 is 11.8 Å². The zero-order valence-electron chi connectivity index (χ0n) is 11.3. The molecular weight excluding hydrogens is 246 g/mol. The smallest absolute Gasteiger partial charge is 0.246 e. The number of rotatable bonds is 6. The van der Waals surface area contributed by atoms with Crippen molar-refractivity contribution < 1.29 is 14.3 Å². The van der Waals surface area contributed by atoms with Crippen molar-refractivity contribution in [2.24, 2.45) is 11.7 Å². The number of carbonyl (C=O) groups is 2. The molecule has 0 aromatic rings. The SMILES string of the molecule is NCCOCC(=O)NC1CCN(C(=O)C2CC2)CC1. The molecule has 0 spiro atoms. The second kappa shape index (κ2) is 6.86. The zero-order valence-corrected chi connectivity index (χ0v) is 11.3. The first kappa shape index (κ1) is 14.3. The van der Waals surface area contributed by atoms with Crippen molar-refractivity contribution in [1.82, 2.24) is 10.2 Å². The Bertz CT molecular complexity index is 323. The van der Waals surface area contributed by atoms with Crippen LogP contribution in [-0.4, -0.2) is 55.6 Å². The van der Waals surface area contributed by atoms with Gasteiger partial charge in [0.2, 0.25) is 11.8 Å². The monoisotopic (exact) mass is 269 g/mol. The van der Waals surface area contributed by atoms with Crippen LogP contribution < -0.4 is 11.1 Å². The van der Waals surface area contributed by atoms with Crippen LogP contribution in [0.4, 0.5) is 0 Å². The van der Waals surface area contributed by atoms with E-state index < -0.39 is 0 Å². The fraction of sp³-hybridized carbons (Fsp3) is 0.846. The molecule has 2 rings (SSSR count). The van der Waals surface area contributed by atoms with E-state index in [0.717, 1.165) is 38.8 Å². The van der Waals surface area contributed by atoms with E-state index >= 15 is 0 Å². The Morgan fingerprint density at radius 2 is 1.89 bits per heavy atom. The number of nitrogens with zero attached hydrogens (tertiary/aromatic N) is 1. The minimum absolute atomic E-state index is 0.0679. The molecule has 0 aromatic carbocycles. The van der Waals surface area contributed by atoms with Crippen LogP contribution in [0.5, 0.6) is 0 Å². The van der Waals surface area contributed by atoms with Crippen molar-refractivity contribution in [2.45, 2.75) is 31.7 Å². The number of hydrogen-bond acceptors (Lipinski definition) is 4. The average molecular weight is 269 g/mol. The number of likely N-dealkylation sites (tertiary alicyclic amines) is 1. The van der Waals surface area contributed by atoms with Gasteiger partial charge in [0, 0.05) is 31.6 Å². The second-order valence-electron chi connectivity index (χ2n) is 5.28. The summed E-state index contributed by atoms with van der Waals surface area (Å²) in [6, 6.07) is 0.164. The fourth-order valence-electron chi connectivity index (χ4n) is 2.35. The number of nitrogens with two attached hydrogens (primary N) is 1. The highest BCUT2D eigenvalue weighted by Crippen LogP contribution is 2.31. The fourth-order valence-corrected chi connectivity index (χ4v) is 2.35. The van der Waals surface area contributed by atoms with E-state index in [1.54, 1.807) is 0 Å². The third kappa shape index (κ3) is 4.47. The molecule has 1 aliphatic carbocycles. The Morgan fingerprint density at radius 3 is 2.47 bits per heavy atom. The van der Waals surface area contributed by atoms with Gasteiger partial charge in [-0.25, -0.2) is 0 Å². The molecule has 2 fully saturated rings. The molecule has 1 aliphatic heterocycles. The second-order valence-corrected chi connectivity index (χ2v) is 5.28. The highest BCUT2D eigenvalue weighted by Gasteiger charge is 2.34. The van der Waals surface area contributed by atoms with E-state index in [9.17, 15) is 9.59 Å². The van der Waals surface area contributed by atoms with Gasteiger partial charge in [0.15, 0.2) is 0 Å². The van der Waals surface area contributed by atoms with Gasteiger partial charge in [0.1, 0.15) is 6.61 Å². The van der Waals surface area contributed by atoms with Crippen molar-refractivity contribution in [1.29, 1.82) is 0 Å². The summed E-state index contributed by atoms with van der Waals surface area (Å²) in [6.45, 7) is 2.41. The zero-order chi connectivity index (χ0) is 13.7. The molecule has 0 aromatic heterocycles. The quantitative estimate of drug-likeness (QED) is 0.635. The van der Waals surface area contributed by atoms with E-state index in [4.69, 9.17) is 10.5 Å². The molecule has 108 valence electrons. The van der Waals surface area contributed by atoms with E-state index in [1.165, 1.54) is 0 Å². The molecule has 0 unspecified atom stereocenters. The van der Waals surface area contributed by atoms with Crippen molar-refractivity contribution in [3.8, 4) is 0 Å². The summed E-state index contributed by atoms with van der Waals surface area (Å²) in [4.78, 5) is 25.4. The summed E-state index contributed by atoms with van der Waals surface area (Å²) in [6.07, 6.45) is 3.77. The largest absolute Gasteiger partial charge is 0.370 e. The van der Waals surface area contributed by atoms with Crippen LogP contribution in [0.15, 0.2) is 0 Å². The molecule has 2 amide bonds. The van der Waals surface area contributed by atoms with Crippen LogP contribution in [0.25, 0.3) is 0 Å². The molecule has 2 aliphatic rings. The first-order chi connectivity index (χ1) is 9.20. The molecule has 0 bridgehead atoms. The summed E-state index contributed by atoms with van der Waals surface area (Å²) in [7, 11) is 0. The van der Waals surface area contributed by atoms with Crippen LogP contribution in [0.1, 0.15) is 25.7 Å². The van der Waals surface area contributed by atoms with Gasteiger partial charge in [-0.3, -0.25) is 9.59 Å². The molecule has 1 heterocycles. The average Bonchev–Trinajstić information content (AvgIpc) is 3.23. The van der Waals surface area contributed by atoms with Crippen molar-refractivity contribution in [2.75, 3.05) is 32.8 Å². The minimum atomic E-state index is -0.0968. The summed E-state index contributed by atoms with van der Waals surface area (Å²) in [5, 5.41) is 2.94. The van der Waals surface area contributed by atoms with Gasteiger partial charge in [-0.2, -0.15) is 0 Å². The Kier molecular flexibility index (Phi) is 5.15. The van der Waals surface area contributed by atoms with Gasteiger partial charge in [0.25, 0.3) is 0 Å². The van der Waals surface area contributed by atoms with Gasteiger partial charge in [-0.05, 0) is 25.7 Å². The third-order valence-corrected chi connectivity index (χ3v) is 3.59. The van der Waals surface area contributed by atoms with Crippen LogP contribution in [0, 0.1) is 5.92 Å².